The first kappa shape index (κ1) is 9.21. The SMILES string of the molecule is Cc1ccc2[nH]c(C3CCSC3)nc2n1. The maximum atomic E-state index is 4.58. The third-order valence-corrected chi connectivity index (χ3v) is 3.98. The van der Waals surface area contributed by atoms with Crippen LogP contribution < -0.4 is 0 Å². The summed E-state index contributed by atoms with van der Waals surface area (Å²) in [6.07, 6.45) is 1.24. The Morgan fingerprint density at radius 1 is 1.40 bits per heavy atom. The Kier molecular flexibility index (Phi) is 2.16. The molecule has 0 saturated carbocycles. The van der Waals surface area contributed by atoms with E-state index in [2.05, 4.69) is 21.0 Å². The summed E-state index contributed by atoms with van der Waals surface area (Å²) in [5.74, 6) is 4.17. The molecule has 0 aliphatic carbocycles. The van der Waals surface area contributed by atoms with E-state index in [1.807, 2.05) is 24.8 Å². The summed E-state index contributed by atoms with van der Waals surface area (Å²) in [6.45, 7) is 2.00. The molecule has 1 aliphatic heterocycles. The molecule has 1 atom stereocenters. The average molecular weight is 219 g/mol. The Balaban J connectivity index is 2.05. The first-order valence-electron chi connectivity index (χ1n) is 5.24. The number of thioether (sulfide) groups is 1. The summed E-state index contributed by atoms with van der Waals surface area (Å²) in [5, 5.41) is 0. The second-order valence-corrected chi connectivity index (χ2v) is 5.16. The predicted molar refractivity (Wildman–Crippen MR) is 63.3 cm³/mol. The predicted octanol–water partition coefficient (Wildman–Crippen LogP) is 2.49. The van der Waals surface area contributed by atoms with E-state index >= 15 is 0 Å². The third kappa shape index (κ3) is 1.63. The number of rotatable bonds is 1. The van der Waals surface area contributed by atoms with Crippen molar-refractivity contribution in [3.8, 4) is 0 Å². The van der Waals surface area contributed by atoms with Crippen LogP contribution in [-0.2, 0) is 0 Å². The van der Waals surface area contributed by atoms with E-state index in [9.17, 15) is 0 Å². The number of hydrogen-bond acceptors (Lipinski definition) is 3. The minimum absolute atomic E-state index is 0.601. The van der Waals surface area contributed by atoms with Gasteiger partial charge < -0.3 is 4.98 Å². The molecule has 3 heterocycles. The van der Waals surface area contributed by atoms with Crippen molar-refractivity contribution in [2.45, 2.75) is 19.3 Å². The van der Waals surface area contributed by atoms with Crippen molar-refractivity contribution in [3.63, 3.8) is 0 Å². The number of fused-ring (bicyclic) bond motifs is 1. The van der Waals surface area contributed by atoms with Gasteiger partial charge in [-0.15, -0.1) is 0 Å². The van der Waals surface area contributed by atoms with Gasteiger partial charge in [-0.1, -0.05) is 0 Å². The van der Waals surface area contributed by atoms with Gasteiger partial charge in [-0.25, -0.2) is 9.97 Å². The second kappa shape index (κ2) is 3.52. The molecule has 0 radical (unpaired) electrons. The highest BCUT2D eigenvalue weighted by molar-refractivity contribution is 7.99. The van der Waals surface area contributed by atoms with Crippen molar-refractivity contribution in [2.75, 3.05) is 11.5 Å². The highest BCUT2D eigenvalue weighted by Gasteiger charge is 2.20. The van der Waals surface area contributed by atoms with Crippen LogP contribution in [0.2, 0.25) is 0 Å². The van der Waals surface area contributed by atoms with Crippen molar-refractivity contribution in [3.05, 3.63) is 23.7 Å². The van der Waals surface area contributed by atoms with Crippen LogP contribution in [0.15, 0.2) is 12.1 Å². The van der Waals surface area contributed by atoms with E-state index < -0.39 is 0 Å². The maximum Gasteiger partial charge on any atom is 0.177 e. The molecule has 1 saturated heterocycles. The fourth-order valence-electron chi connectivity index (χ4n) is 1.95. The number of aryl methyl sites for hydroxylation is 1. The molecule has 2 aromatic heterocycles. The first-order valence-corrected chi connectivity index (χ1v) is 6.39. The van der Waals surface area contributed by atoms with Crippen LogP contribution in [0.1, 0.15) is 23.9 Å². The number of pyridine rings is 1. The summed E-state index contributed by atoms with van der Waals surface area (Å²) in [4.78, 5) is 12.4. The van der Waals surface area contributed by atoms with Gasteiger partial charge in [0.1, 0.15) is 5.82 Å². The summed E-state index contributed by atoms with van der Waals surface area (Å²) < 4.78 is 0. The van der Waals surface area contributed by atoms with Crippen LogP contribution >= 0.6 is 11.8 Å². The van der Waals surface area contributed by atoms with E-state index in [0.717, 1.165) is 22.7 Å². The van der Waals surface area contributed by atoms with Gasteiger partial charge in [0.05, 0.1) is 5.52 Å². The van der Waals surface area contributed by atoms with Crippen LogP contribution in [0, 0.1) is 6.92 Å². The monoisotopic (exact) mass is 219 g/mol. The van der Waals surface area contributed by atoms with Crippen molar-refractivity contribution in [2.24, 2.45) is 0 Å². The zero-order valence-electron chi connectivity index (χ0n) is 8.66. The Labute approximate surface area is 92.7 Å². The minimum atomic E-state index is 0.601. The van der Waals surface area contributed by atoms with Gasteiger partial charge in [-0.3, -0.25) is 0 Å². The molecule has 0 spiro atoms. The fraction of sp³-hybridized carbons (Fsp3) is 0.455. The zero-order valence-corrected chi connectivity index (χ0v) is 9.47. The van der Waals surface area contributed by atoms with E-state index in [-0.39, 0.29) is 0 Å². The van der Waals surface area contributed by atoms with Gasteiger partial charge in [0.25, 0.3) is 0 Å². The van der Waals surface area contributed by atoms with E-state index in [4.69, 9.17) is 0 Å². The summed E-state index contributed by atoms with van der Waals surface area (Å²) in [5.41, 5.74) is 2.95. The highest BCUT2D eigenvalue weighted by atomic mass is 32.2. The summed E-state index contributed by atoms with van der Waals surface area (Å²) in [7, 11) is 0. The topological polar surface area (TPSA) is 41.6 Å². The molecular weight excluding hydrogens is 206 g/mol. The molecule has 15 heavy (non-hydrogen) atoms. The third-order valence-electron chi connectivity index (χ3n) is 2.82. The van der Waals surface area contributed by atoms with Crippen molar-refractivity contribution >= 4 is 22.9 Å². The lowest BCUT2D eigenvalue weighted by atomic mass is 10.1. The molecule has 1 unspecified atom stereocenters. The van der Waals surface area contributed by atoms with Crippen LogP contribution in [-0.4, -0.2) is 26.5 Å². The number of hydrogen-bond donors (Lipinski definition) is 1. The van der Waals surface area contributed by atoms with Crippen LogP contribution in [0.4, 0.5) is 0 Å². The van der Waals surface area contributed by atoms with E-state index in [1.54, 1.807) is 0 Å². The summed E-state index contributed by atoms with van der Waals surface area (Å²) >= 11 is 2.01. The van der Waals surface area contributed by atoms with Crippen LogP contribution in [0.25, 0.3) is 11.2 Å². The Morgan fingerprint density at radius 2 is 2.33 bits per heavy atom. The first-order chi connectivity index (χ1) is 7.33. The van der Waals surface area contributed by atoms with Gasteiger partial charge in [0, 0.05) is 17.4 Å². The molecule has 0 bridgehead atoms. The molecule has 0 amide bonds. The maximum absolute atomic E-state index is 4.58. The van der Waals surface area contributed by atoms with Crippen LogP contribution in [0.5, 0.6) is 0 Å². The second-order valence-electron chi connectivity index (χ2n) is 4.01. The van der Waals surface area contributed by atoms with Crippen molar-refractivity contribution in [1.29, 1.82) is 0 Å². The molecular formula is C11H13N3S. The van der Waals surface area contributed by atoms with Gasteiger partial charge in [0.15, 0.2) is 5.65 Å². The van der Waals surface area contributed by atoms with E-state index in [1.165, 1.54) is 17.9 Å². The number of imidazole rings is 1. The number of nitrogens with zero attached hydrogens (tertiary/aromatic N) is 2. The molecule has 1 aliphatic rings. The van der Waals surface area contributed by atoms with Crippen LogP contribution in [0.3, 0.4) is 0 Å². The quantitative estimate of drug-likeness (QED) is 0.801. The normalized spacial score (nSPS) is 21.3. The lowest BCUT2D eigenvalue weighted by Crippen LogP contribution is -1.98. The standard InChI is InChI=1S/C11H13N3S/c1-7-2-3-9-11(12-7)14-10(13-9)8-4-5-15-6-8/h2-3,8H,4-6H2,1H3,(H,12,13,14). The highest BCUT2D eigenvalue weighted by Crippen LogP contribution is 2.31. The largest absolute Gasteiger partial charge is 0.340 e. The molecule has 1 N–H and O–H groups in total. The van der Waals surface area contributed by atoms with E-state index in [0.29, 0.717) is 5.92 Å². The number of nitrogens with one attached hydrogen (secondary N) is 1. The van der Waals surface area contributed by atoms with Crippen molar-refractivity contribution < 1.29 is 0 Å². The Morgan fingerprint density at radius 3 is 3.13 bits per heavy atom. The lowest BCUT2D eigenvalue weighted by Gasteiger charge is -2.01. The fourth-order valence-corrected chi connectivity index (χ4v) is 3.18. The number of aromatic amines is 1. The number of H-pyrrole nitrogens is 1. The molecule has 3 rings (SSSR count). The molecule has 2 aromatic rings. The Hall–Kier alpha value is -1.03. The van der Waals surface area contributed by atoms with Gasteiger partial charge in [-0.2, -0.15) is 11.8 Å². The minimum Gasteiger partial charge on any atom is -0.340 e. The van der Waals surface area contributed by atoms with Gasteiger partial charge in [-0.05, 0) is 31.2 Å². The van der Waals surface area contributed by atoms with Gasteiger partial charge >= 0.3 is 0 Å². The zero-order chi connectivity index (χ0) is 10.3. The van der Waals surface area contributed by atoms with Crippen molar-refractivity contribution in [1.82, 2.24) is 15.0 Å². The molecule has 3 nitrogen and oxygen atoms in total. The molecule has 4 heteroatoms. The average Bonchev–Trinajstić information content (AvgIpc) is 2.84. The molecule has 1 fully saturated rings. The molecule has 0 aromatic carbocycles. The lowest BCUT2D eigenvalue weighted by molar-refractivity contribution is 0.733. The smallest absolute Gasteiger partial charge is 0.177 e. The van der Waals surface area contributed by atoms with Gasteiger partial charge in [0.2, 0.25) is 0 Å². The summed E-state index contributed by atoms with van der Waals surface area (Å²) in [6, 6.07) is 4.09. The number of aromatic nitrogens is 3. The Bertz CT molecular complexity index is 486. The molecule has 78 valence electrons.